The van der Waals surface area contributed by atoms with Gasteiger partial charge in [-0.25, -0.2) is 12.8 Å². The first-order chi connectivity index (χ1) is 14.0. The van der Waals surface area contributed by atoms with Gasteiger partial charge < -0.3 is 10.1 Å². The largest absolute Gasteiger partial charge is 0.422 e. The van der Waals surface area contributed by atoms with Crippen LogP contribution in [0, 0.1) is 0 Å². The third-order valence-electron chi connectivity index (χ3n) is 4.13. The van der Waals surface area contributed by atoms with Gasteiger partial charge in [0.25, 0.3) is 0 Å². The molecule has 148 valence electrons. The highest BCUT2D eigenvalue weighted by Crippen LogP contribution is 2.34. The maximum absolute atomic E-state index is 13.5. The van der Waals surface area contributed by atoms with E-state index in [4.69, 9.17) is 4.74 Å². The monoisotopic (exact) mass is 413 g/mol. The predicted octanol–water partition coefficient (Wildman–Crippen LogP) is 3.76. The van der Waals surface area contributed by atoms with Gasteiger partial charge in [0.05, 0.1) is 11.7 Å². The Morgan fingerprint density at radius 2 is 1.93 bits per heavy atom. The molecule has 8 nitrogen and oxygen atoms in total. The second-order valence-corrected chi connectivity index (χ2v) is 8.20. The van der Waals surface area contributed by atoms with Gasteiger partial charge in [-0.15, -0.1) is 0 Å². The molecule has 0 saturated heterocycles. The molecule has 0 aliphatic heterocycles. The minimum Gasteiger partial charge on any atom is -0.422 e. The van der Waals surface area contributed by atoms with E-state index in [-0.39, 0.29) is 22.2 Å². The van der Waals surface area contributed by atoms with Crippen LogP contribution in [0.15, 0.2) is 59.6 Å². The molecule has 0 spiro atoms. The molecule has 29 heavy (non-hydrogen) atoms. The molecule has 2 aromatic heterocycles. The van der Waals surface area contributed by atoms with Crippen LogP contribution in [0.1, 0.15) is 5.56 Å². The number of hydrogen-bond donors (Lipinski definition) is 2. The maximum Gasteiger partial charge on any atom is 0.324 e. The third-order valence-corrected chi connectivity index (χ3v) is 5.25. The smallest absolute Gasteiger partial charge is 0.324 e. The number of H-pyrrole nitrogens is 1. The van der Waals surface area contributed by atoms with Crippen LogP contribution in [-0.2, 0) is 16.5 Å². The molecule has 0 aliphatic carbocycles. The van der Waals surface area contributed by atoms with Crippen LogP contribution in [0.4, 0.5) is 16.0 Å². The number of halogens is 1. The van der Waals surface area contributed by atoms with Gasteiger partial charge in [-0.1, -0.05) is 24.3 Å². The van der Waals surface area contributed by atoms with Crippen molar-refractivity contribution in [2.75, 3.05) is 11.6 Å². The summed E-state index contributed by atoms with van der Waals surface area (Å²) < 4.78 is 43.5. The topological polar surface area (TPSA) is 110 Å². The van der Waals surface area contributed by atoms with Crippen molar-refractivity contribution in [2.24, 2.45) is 0 Å². The normalized spacial score (nSPS) is 11.5. The first kappa shape index (κ1) is 18.8. The zero-order valence-corrected chi connectivity index (χ0v) is 16.1. The molecule has 4 rings (SSSR count). The number of para-hydroxylation sites is 2. The summed E-state index contributed by atoms with van der Waals surface area (Å²) in [6, 6.07) is 13.1. The molecule has 4 aromatic rings. The standard InChI is InChI=1S/C19H16FN5O3S/c1-29(26,27)15-8-4-5-12(11-20)17(15)28-19-22-14-7-3-2-6-13(14)18(24-19)23-16-9-10-21-25-16/h2-10H,11H2,1H3,(H2,21,22,23,24,25). The maximum atomic E-state index is 13.5. The molecule has 0 bridgehead atoms. The van der Waals surface area contributed by atoms with Crippen molar-refractivity contribution in [1.82, 2.24) is 20.2 Å². The zero-order chi connectivity index (χ0) is 20.4. The lowest BCUT2D eigenvalue weighted by atomic mass is 10.2. The number of nitrogens with one attached hydrogen (secondary N) is 2. The minimum atomic E-state index is -3.66. The summed E-state index contributed by atoms with van der Waals surface area (Å²) in [5.41, 5.74) is 0.658. The van der Waals surface area contributed by atoms with Gasteiger partial charge in [0.1, 0.15) is 23.2 Å². The fourth-order valence-electron chi connectivity index (χ4n) is 2.81. The highest BCUT2D eigenvalue weighted by Gasteiger charge is 2.20. The second-order valence-electron chi connectivity index (χ2n) is 6.22. The molecule has 0 amide bonds. The summed E-state index contributed by atoms with van der Waals surface area (Å²) in [6.07, 6.45) is 2.61. The van der Waals surface area contributed by atoms with E-state index in [9.17, 15) is 12.8 Å². The average Bonchev–Trinajstić information content (AvgIpc) is 3.20. The highest BCUT2D eigenvalue weighted by atomic mass is 32.2. The van der Waals surface area contributed by atoms with Crippen molar-refractivity contribution in [3.63, 3.8) is 0 Å². The zero-order valence-electron chi connectivity index (χ0n) is 15.3. The summed E-state index contributed by atoms with van der Waals surface area (Å²) in [7, 11) is -3.66. The van der Waals surface area contributed by atoms with Gasteiger partial charge in [-0.05, 0) is 18.2 Å². The Hall–Kier alpha value is -3.53. The lowest BCUT2D eigenvalue weighted by Gasteiger charge is -2.14. The van der Waals surface area contributed by atoms with Crippen LogP contribution in [-0.4, -0.2) is 34.8 Å². The lowest BCUT2D eigenvalue weighted by Crippen LogP contribution is -2.05. The number of nitrogens with zero attached hydrogens (tertiary/aromatic N) is 3. The molecular weight excluding hydrogens is 397 g/mol. The first-order valence-electron chi connectivity index (χ1n) is 8.54. The number of benzene rings is 2. The summed E-state index contributed by atoms with van der Waals surface area (Å²) >= 11 is 0. The van der Waals surface area contributed by atoms with Gasteiger partial charge in [-0.2, -0.15) is 15.1 Å². The Labute approximate surface area is 165 Å². The van der Waals surface area contributed by atoms with Crippen molar-refractivity contribution in [3.8, 4) is 11.8 Å². The number of aromatic amines is 1. The second kappa shape index (κ2) is 7.47. The Bertz CT molecular complexity index is 1280. The molecule has 0 fully saturated rings. The Morgan fingerprint density at radius 3 is 2.66 bits per heavy atom. The Morgan fingerprint density at radius 1 is 1.10 bits per heavy atom. The molecule has 2 aromatic carbocycles. The lowest BCUT2D eigenvalue weighted by molar-refractivity contribution is 0.408. The molecule has 0 unspecified atom stereocenters. The van der Waals surface area contributed by atoms with Crippen LogP contribution >= 0.6 is 0 Å². The number of anilines is 2. The van der Waals surface area contributed by atoms with Gasteiger partial charge in [0.15, 0.2) is 15.6 Å². The van der Waals surface area contributed by atoms with Gasteiger partial charge in [-0.3, -0.25) is 5.10 Å². The molecule has 2 N–H and O–H groups in total. The molecule has 2 heterocycles. The number of sulfone groups is 1. The Kier molecular flexibility index (Phi) is 4.85. The number of hydrogen-bond acceptors (Lipinski definition) is 7. The molecule has 10 heteroatoms. The van der Waals surface area contributed by atoms with E-state index in [1.54, 1.807) is 24.4 Å². The fraction of sp³-hybridized carbons (Fsp3) is 0.105. The molecule has 0 saturated carbocycles. The summed E-state index contributed by atoms with van der Waals surface area (Å²) in [5, 5.41) is 10.5. The fourth-order valence-corrected chi connectivity index (χ4v) is 3.65. The summed E-state index contributed by atoms with van der Waals surface area (Å²) in [4.78, 5) is 8.57. The minimum absolute atomic E-state index is 0.0905. The van der Waals surface area contributed by atoms with Crippen molar-refractivity contribution in [3.05, 3.63) is 60.3 Å². The van der Waals surface area contributed by atoms with E-state index in [0.717, 1.165) is 11.6 Å². The van der Waals surface area contributed by atoms with Gasteiger partial charge in [0, 0.05) is 23.3 Å². The van der Waals surface area contributed by atoms with Crippen LogP contribution in [0.3, 0.4) is 0 Å². The van der Waals surface area contributed by atoms with Gasteiger partial charge in [0.2, 0.25) is 0 Å². The summed E-state index contributed by atoms with van der Waals surface area (Å²) in [6.45, 7) is -0.897. The number of rotatable bonds is 6. The average molecular weight is 413 g/mol. The number of alkyl halides is 1. The summed E-state index contributed by atoms with van der Waals surface area (Å²) in [5.74, 6) is 0.898. The SMILES string of the molecule is CS(=O)(=O)c1cccc(CF)c1Oc1nc(Nc2ccn[nH]2)c2ccccc2n1. The molecule has 0 atom stereocenters. The van der Waals surface area contributed by atoms with E-state index in [1.165, 1.54) is 18.2 Å². The Balaban J connectivity index is 1.84. The molecule has 0 radical (unpaired) electrons. The van der Waals surface area contributed by atoms with Crippen LogP contribution in [0.25, 0.3) is 10.9 Å². The van der Waals surface area contributed by atoms with Crippen molar-refractivity contribution in [1.29, 1.82) is 0 Å². The first-order valence-corrected chi connectivity index (χ1v) is 10.4. The van der Waals surface area contributed by atoms with Gasteiger partial charge >= 0.3 is 6.01 Å². The van der Waals surface area contributed by atoms with Crippen LogP contribution < -0.4 is 10.1 Å². The van der Waals surface area contributed by atoms with E-state index in [0.29, 0.717) is 17.2 Å². The third kappa shape index (κ3) is 3.87. The van der Waals surface area contributed by atoms with E-state index >= 15 is 0 Å². The van der Waals surface area contributed by atoms with Crippen LogP contribution in [0.2, 0.25) is 0 Å². The van der Waals surface area contributed by atoms with E-state index in [2.05, 4.69) is 25.5 Å². The molecular formula is C19H16FN5O3S. The quantitative estimate of drug-likeness (QED) is 0.495. The number of fused-ring (bicyclic) bond motifs is 1. The predicted molar refractivity (Wildman–Crippen MR) is 106 cm³/mol. The van der Waals surface area contributed by atoms with Crippen molar-refractivity contribution < 1.29 is 17.5 Å². The van der Waals surface area contributed by atoms with Crippen molar-refractivity contribution in [2.45, 2.75) is 11.6 Å². The van der Waals surface area contributed by atoms with E-state index in [1.807, 2.05) is 12.1 Å². The number of aromatic nitrogens is 4. The number of ether oxygens (including phenoxy) is 1. The van der Waals surface area contributed by atoms with Crippen LogP contribution in [0.5, 0.6) is 11.8 Å². The van der Waals surface area contributed by atoms with E-state index < -0.39 is 16.5 Å². The highest BCUT2D eigenvalue weighted by molar-refractivity contribution is 7.90. The molecule has 0 aliphatic rings. The van der Waals surface area contributed by atoms with Crippen molar-refractivity contribution >= 4 is 32.4 Å².